The summed E-state index contributed by atoms with van der Waals surface area (Å²) in [5.41, 5.74) is 7.89. The highest BCUT2D eigenvalue weighted by Gasteiger charge is 2.37. The van der Waals surface area contributed by atoms with Gasteiger partial charge in [-0.05, 0) is 6.07 Å². The van der Waals surface area contributed by atoms with Gasteiger partial charge < -0.3 is 14.9 Å². The highest BCUT2D eigenvalue weighted by molar-refractivity contribution is 6.30. The van der Waals surface area contributed by atoms with Crippen molar-refractivity contribution in [1.82, 2.24) is 0 Å². The van der Waals surface area contributed by atoms with Gasteiger partial charge in [-0.1, -0.05) is 55.1 Å². The summed E-state index contributed by atoms with van der Waals surface area (Å²) in [4.78, 5) is 25.8. The molecular weight excluding hydrogens is 330 g/mol. The van der Waals surface area contributed by atoms with E-state index in [9.17, 15) is 9.59 Å². The molecule has 1 aliphatic carbocycles. The molecule has 1 heterocycles. The second-order valence-electron chi connectivity index (χ2n) is 5.85. The number of furan rings is 1. The summed E-state index contributed by atoms with van der Waals surface area (Å²) in [5, 5.41) is 0. The summed E-state index contributed by atoms with van der Waals surface area (Å²) in [7, 11) is 0. The molecule has 3 aromatic rings. The van der Waals surface area contributed by atoms with Gasteiger partial charge in [0.15, 0.2) is 17.4 Å². The number of carbonyl (C=O) groups excluding carboxylic acids is 2. The predicted molar refractivity (Wildman–Crippen MR) is 97.6 cm³/mol. The minimum Gasteiger partial charge on any atom is -0.489 e. The monoisotopic (exact) mass is 345 g/mol. The smallest absolute Gasteiger partial charge is 0.229 e. The second-order valence-corrected chi connectivity index (χ2v) is 5.85. The molecule has 0 saturated heterocycles. The van der Waals surface area contributed by atoms with Gasteiger partial charge in [-0.3, -0.25) is 9.59 Å². The van der Waals surface area contributed by atoms with Crippen LogP contribution in [0.5, 0.6) is 5.75 Å². The number of ketones is 2. The fourth-order valence-corrected chi connectivity index (χ4v) is 3.18. The normalized spacial score (nSPS) is 12.5. The van der Waals surface area contributed by atoms with Gasteiger partial charge in [-0.15, -0.1) is 0 Å². The van der Waals surface area contributed by atoms with Crippen LogP contribution < -0.4 is 10.5 Å². The van der Waals surface area contributed by atoms with Crippen LogP contribution in [0.25, 0.3) is 11.1 Å². The molecule has 0 saturated carbocycles. The molecule has 26 heavy (non-hydrogen) atoms. The zero-order valence-electron chi connectivity index (χ0n) is 13.8. The number of nitrogens with two attached hydrogens (primary N) is 1. The molecule has 0 unspecified atom stereocenters. The van der Waals surface area contributed by atoms with Crippen LogP contribution in [0.2, 0.25) is 0 Å². The summed E-state index contributed by atoms with van der Waals surface area (Å²) >= 11 is 0. The van der Waals surface area contributed by atoms with Gasteiger partial charge >= 0.3 is 0 Å². The molecule has 0 bridgehead atoms. The van der Waals surface area contributed by atoms with Crippen molar-refractivity contribution in [2.24, 2.45) is 0 Å². The molecule has 1 aliphatic rings. The number of ether oxygens (including phenoxy) is 1. The van der Waals surface area contributed by atoms with Gasteiger partial charge in [-0.25, -0.2) is 0 Å². The number of carbonyl (C=O) groups is 2. The van der Waals surface area contributed by atoms with Gasteiger partial charge in [0.1, 0.15) is 12.4 Å². The van der Waals surface area contributed by atoms with Crippen LogP contribution in [0.4, 0.5) is 5.88 Å². The molecule has 128 valence electrons. The summed E-state index contributed by atoms with van der Waals surface area (Å²) in [6.07, 6.45) is 1.62. The van der Waals surface area contributed by atoms with Crippen LogP contribution in [-0.4, -0.2) is 18.2 Å². The van der Waals surface area contributed by atoms with Crippen LogP contribution in [0, 0.1) is 0 Å². The maximum atomic E-state index is 13.1. The predicted octanol–water partition coefficient (Wildman–Crippen LogP) is 3.87. The maximum absolute atomic E-state index is 13.1. The topological polar surface area (TPSA) is 82.5 Å². The molecule has 2 aromatic carbocycles. The SMILES string of the molecule is C=CCOc1ccccc1-c1c(N)oc2c1C(=O)c1ccccc1C2=O. The fourth-order valence-electron chi connectivity index (χ4n) is 3.18. The van der Waals surface area contributed by atoms with E-state index in [0.29, 0.717) is 34.6 Å². The molecule has 5 heteroatoms. The summed E-state index contributed by atoms with van der Waals surface area (Å²) in [6.45, 7) is 3.93. The van der Waals surface area contributed by atoms with Crippen molar-refractivity contribution in [2.75, 3.05) is 12.3 Å². The van der Waals surface area contributed by atoms with Crippen molar-refractivity contribution in [2.45, 2.75) is 0 Å². The van der Waals surface area contributed by atoms with Crippen molar-refractivity contribution in [1.29, 1.82) is 0 Å². The van der Waals surface area contributed by atoms with Gasteiger partial charge in [-0.2, -0.15) is 0 Å². The Kier molecular flexibility index (Phi) is 3.69. The first-order chi connectivity index (χ1) is 12.6. The Labute approximate surface area is 149 Å². The molecule has 0 atom stereocenters. The molecule has 0 spiro atoms. The zero-order chi connectivity index (χ0) is 18.3. The quantitative estimate of drug-likeness (QED) is 0.568. The second kappa shape index (κ2) is 6.04. The molecule has 0 aliphatic heterocycles. The van der Waals surface area contributed by atoms with E-state index in [-0.39, 0.29) is 28.8 Å². The summed E-state index contributed by atoms with van der Waals surface area (Å²) in [5.74, 6) is -0.123. The molecule has 0 fully saturated rings. The van der Waals surface area contributed by atoms with Gasteiger partial charge in [0.25, 0.3) is 0 Å². The largest absolute Gasteiger partial charge is 0.489 e. The standard InChI is InChI=1S/C21H15NO4/c1-2-11-25-15-10-6-5-9-14(15)16-17-18(23)12-7-3-4-8-13(12)19(24)20(17)26-21(16)22/h2-10H,1,11,22H2. The fraction of sp³-hybridized carbons (Fsp3) is 0.0476. The van der Waals surface area contributed by atoms with E-state index in [2.05, 4.69) is 6.58 Å². The van der Waals surface area contributed by atoms with E-state index in [1.54, 1.807) is 48.5 Å². The lowest BCUT2D eigenvalue weighted by molar-refractivity contribution is 0.0961. The van der Waals surface area contributed by atoms with Gasteiger partial charge in [0, 0.05) is 16.7 Å². The number of hydrogen-bond donors (Lipinski definition) is 1. The number of hydrogen-bond acceptors (Lipinski definition) is 5. The van der Waals surface area contributed by atoms with Crippen molar-refractivity contribution < 1.29 is 18.7 Å². The van der Waals surface area contributed by atoms with Crippen LogP contribution in [0.3, 0.4) is 0 Å². The Hall–Kier alpha value is -3.60. The molecular formula is C21H15NO4. The number of nitrogen functional groups attached to an aromatic ring is 1. The Morgan fingerprint density at radius 3 is 2.23 bits per heavy atom. The van der Waals surface area contributed by atoms with Gasteiger partial charge in [0.05, 0.1) is 11.1 Å². The van der Waals surface area contributed by atoms with E-state index in [4.69, 9.17) is 14.9 Å². The number of para-hydroxylation sites is 1. The van der Waals surface area contributed by atoms with Crippen molar-refractivity contribution in [3.63, 3.8) is 0 Å². The highest BCUT2D eigenvalue weighted by atomic mass is 16.5. The Bertz CT molecular complexity index is 1060. The first kappa shape index (κ1) is 15.9. The average Bonchev–Trinajstić information content (AvgIpc) is 3.02. The van der Waals surface area contributed by atoms with Crippen LogP contribution >= 0.6 is 0 Å². The molecule has 2 N–H and O–H groups in total. The van der Waals surface area contributed by atoms with Gasteiger partial charge in [0.2, 0.25) is 5.78 Å². The molecule has 5 nitrogen and oxygen atoms in total. The first-order valence-corrected chi connectivity index (χ1v) is 8.07. The molecule has 0 radical (unpaired) electrons. The van der Waals surface area contributed by atoms with E-state index in [0.717, 1.165) is 0 Å². The van der Waals surface area contributed by atoms with Crippen LogP contribution in [0.15, 0.2) is 65.6 Å². The zero-order valence-corrected chi connectivity index (χ0v) is 13.8. The molecule has 0 amide bonds. The first-order valence-electron chi connectivity index (χ1n) is 8.07. The van der Waals surface area contributed by atoms with Crippen LogP contribution in [-0.2, 0) is 0 Å². The highest BCUT2D eigenvalue weighted by Crippen LogP contribution is 2.43. The number of benzene rings is 2. The number of anilines is 1. The third kappa shape index (κ3) is 2.25. The summed E-state index contributed by atoms with van der Waals surface area (Å²) < 4.78 is 11.2. The molecule has 1 aromatic heterocycles. The summed E-state index contributed by atoms with van der Waals surface area (Å²) in [6, 6.07) is 13.8. The Morgan fingerprint density at radius 1 is 0.923 bits per heavy atom. The third-order valence-electron chi connectivity index (χ3n) is 4.30. The van der Waals surface area contributed by atoms with Crippen LogP contribution in [0.1, 0.15) is 32.0 Å². The maximum Gasteiger partial charge on any atom is 0.229 e. The Morgan fingerprint density at radius 2 is 1.54 bits per heavy atom. The lowest BCUT2D eigenvalue weighted by atomic mass is 9.85. The van der Waals surface area contributed by atoms with Crippen molar-refractivity contribution >= 4 is 17.5 Å². The average molecular weight is 345 g/mol. The van der Waals surface area contributed by atoms with E-state index >= 15 is 0 Å². The van der Waals surface area contributed by atoms with E-state index in [1.807, 2.05) is 6.07 Å². The lowest BCUT2D eigenvalue weighted by Gasteiger charge is -2.15. The Balaban J connectivity index is 1.95. The van der Waals surface area contributed by atoms with E-state index in [1.165, 1.54) is 0 Å². The van der Waals surface area contributed by atoms with Crippen molar-refractivity contribution in [3.05, 3.63) is 83.6 Å². The minimum absolute atomic E-state index is 0.0131. The van der Waals surface area contributed by atoms with E-state index < -0.39 is 0 Å². The van der Waals surface area contributed by atoms with Crippen molar-refractivity contribution in [3.8, 4) is 16.9 Å². The lowest BCUT2D eigenvalue weighted by Crippen LogP contribution is -2.19. The third-order valence-corrected chi connectivity index (χ3v) is 4.30. The minimum atomic E-state index is -0.349. The number of fused-ring (bicyclic) bond motifs is 2. The number of rotatable bonds is 4. The molecule has 4 rings (SSSR count).